The summed E-state index contributed by atoms with van der Waals surface area (Å²) in [6, 6.07) is 4.68. The maximum absolute atomic E-state index is 12.7. The molecule has 2 rings (SSSR count). The molecule has 17 heavy (non-hydrogen) atoms. The van der Waals surface area contributed by atoms with Gasteiger partial charge in [-0.1, -0.05) is 18.2 Å². The van der Waals surface area contributed by atoms with E-state index in [1.165, 1.54) is 23.1 Å². The van der Waals surface area contributed by atoms with Crippen LogP contribution in [0, 0.1) is 0 Å². The van der Waals surface area contributed by atoms with Gasteiger partial charge in [0.05, 0.1) is 5.56 Å². The summed E-state index contributed by atoms with van der Waals surface area (Å²) in [5.41, 5.74) is 4.77. The van der Waals surface area contributed by atoms with Crippen LogP contribution in [-0.4, -0.2) is 23.4 Å². The van der Waals surface area contributed by atoms with Crippen molar-refractivity contribution in [1.82, 2.24) is 4.90 Å². The molecule has 1 aromatic carbocycles. The van der Waals surface area contributed by atoms with Crippen LogP contribution in [0.3, 0.4) is 0 Å². The lowest BCUT2D eigenvalue weighted by molar-refractivity contribution is -0.145. The molecule has 1 fully saturated rings. The third kappa shape index (κ3) is 2.26. The van der Waals surface area contributed by atoms with Gasteiger partial charge in [-0.2, -0.15) is 13.2 Å². The third-order valence-electron chi connectivity index (χ3n) is 2.73. The van der Waals surface area contributed by atoms with E-state index in [1.807, 2.05) is 0 Å². The van der Waals surface area contributed by atoms with Crippen LogP contribution >= 0.6 is 0 Å². The quantitative estimate of drug-likeness (QED) is 0.799. The van der Waals surface area contributed by atoms with E-state index in [1.54, 1.807) is 0 Å². The summed E-state index contributed by atoms with van der Waals surface area (Å²) in [6.45, 7) is 0.271. The number of nitrogens with zero attached hydrogens (tertiary/aromatic N) is 1. The minimum Gasteiger partial charge on any atom is -0.335 e. The molecule has 0 aromatic heterocycles. The molecule has 1 aromatic rings. The van der Waals surface area contributed by atoms with Crippen LogP contribution in [0.1, 0.15) is 11.1 Å². The molecule has 0 bridgehead atoms. The highest BCUT2D eigenvalue weighted by atomic mass is 19.4. The van der Waals surface area contributed by atoms with Gasteiger partial charge < -0.3 is 10.6 Å². The molecule has 1 aliphatic heterocycles. The molecule has 3 nitrogen and oxygen atoms in total. The first kappa shape index (κ1) is 11.9. The maximum atomic E-state index is 12.7. The van der Waals surface area contributed by atoms with Crippen molar-refractivity contribution in [2.45, 2.75) is 18.8 Å². The minimum absolute atomic E-state index is 0.0395. The lowest BCUT2D eigenvalue weighted by Gasteiger charge is -2.36. The predicted octanol–water partition coefficient (Wildman–Crippen LogP) is 1.37. The molecule has 1 unspecified atom stereocenters. The van der Waals surface area contributed by atoms with E-state index >= 15 is 0 Å². The van der Waals surface area contributed by atoms with Crippen LogP contribution in [0.5, 0.6) is 0 Å². The number of β-lactam (4-membered cyclic amide) rings is 1. The minimum atomic E-state index is -4.40. The van der Waals surface area contributed by atoms with Gasteiger partial charge in [-0.15, -0.1) is 0 Å². The van der Waals surface area contributed by atoms with Gasteiger partial charge in [0.1, 0.15) is 6.04 Å². The number of halogens is 3. The molecule has 1 heterocycles. The second-order valence-electron chi connectivity index (χ2n) is 3.98. The van der Waals surface area contributed by atoms with Gasteiger partial charge >= 0.3 is 6.18 Å². The molecule has 1 atom stereocenters. The van der Waals surface area contributed by atoms with Crippen molar-refractivity contribution in [2.75, 3.05) is 6.54 Å². The molecular weight excluding hydrogens is 233 g/mol. The van der Waals surface area contributed by atoms with Gasteiger partial charge in [-0.25, -0.2) is 0 Å². The highest BCUT2D eigenvalue weighted by Crippen LogP contribution is 2.32. The highest BCUT2D eigenvalue weighted by molar-refractivity contribution is 5.87. The first-order valence-corrected chi connectivity index (χ1v) is 5.09. The molecule has 92 valence electrons. The van der Waals surface area contributed by atoms with Crippen molar-refractivity contribution in [2.24, 2.45) is 5.73 Å². The van der Waals surface area contributed by atoms with E-state index in [-0.39, 0.29) is 18.0 Å². The summed E-state index contributed by atoms with van der Waals surface area (Å²) in [5, 5.41) is 0. The van der Waals surface area contributed by atoms with Gasteiger partial charge in [0.15, 0.2) is 0 Å². The Morgan fingerprint density at radius 1 is 1.35 bits per heavy atom. The molecule has 1 aliphatic rings. The Kier molecular flexibility index (Phi) is 2.82. The Hall–Kier alpha value is -1.56. The topological polar surface area (TPSA) is 46.3 Å². The monoisotopic (exact) mass is 244 g/mol. The van der Waals surface area contributed by atoms with Gasteiger partial charge in [-0.3, -0.25) is 4.79 Å². The fourth-order valence-corrected chi connectivity index (χ4v) is 1.81. The zero-order valence-electron chi connectivity index (χ0n) is 8.87. The van der Waals surface area contributed by atoms with Crippen molar-refractivity contribution in [3.63, 3.8) is 0 Å². The highest BCUT2D eigenvalue weighted by Gasteiger charge is 2.37. The van der Waals surface area contributed by atoms with E-state index in [0.717, 1.165) is 6.07 Å². The second-order valence-corrected chi connectivity index (χ2v) is 3.98. The van der Waals surface area contributed by atoms with Gasteiger partial charge in [-0.05, 0) is 11.6 Å². The van der Waals surface area contributed by atoms with Crippen LogP contribution in [0.4, 0.5) is 13.2 Å². The number of hydrogen-bond acceptors (Lipinski definition) is 2. The number of rotatable bonds is 2. The molecule has 0 spiro atoms. The number of amides is 1. The summed E-state index contributed by atoms with van der Waals surface area (Å²) < 4.78 is 38.0. The Morgan fingerprint density at radius 3 is 2.53 bits per heavy atom. The van der Waals surface area contributed by atoms with Crippen LogP contribution in [0.25, 0.3) is 0 Å². The van der Waals surface area contributed by atoms with Crippen LogP contribution in [0.2, 0.25) is 0 Å². The van der Waals surface area contributed by atoms with E-state index in [0.29, 0.717) is 6.54 Å². The number of carbonyl (C=O) groups excluding carboxylic acids is 1. The van der Waals surface area contributed by atoms with Crippen LogP contribution in [-0.2, 0) is 17.5 Å². The predicted molar refractivity (Wildman–Crippen MR) is 54.8 cm³/mol. The SMILES string of the molecule is NC1CN(Cc2ccccc2C(F)(F)F)C1=O. The lowest BCUT2D eigenvalue weighted by Crippen LogP contribution is -2.60. The number of nitrogens with two attached hydrogens (primary N) is 1. The van der Waals surface area contributed by atoms with Gasteiger partial charge in [0, 0.05) is 13.1 Å². The lowest BCUT2D eigenvalue weighted by atomic mass is 10.0. The third-order valence-corrected chi connectivity index (χ3v) is 2.73. The maximum Gasteiger partial charge on any atom is 0.416 e. The zero-order valence-corrected chi connectivity index (χ0v) is 8.87. The van der Waals surface area contributed by atoms with Crippen molar-refractivity contribution in [1.29, 1.82) is 0 Å². The van der Waals surface area contributed by atoms with Crippen molar-refractivity contribution >= 4 is 5.91 Å². The largest absolute Gasteiger partial charge is 0.416 e. The van der Waals surface area contributed by atoms with Crippen molar-refractivity contribution in [3.8, 4) is 0 Å². The molecule has 0 saturated carbocycles. The van der Waals surface area contributed by atoms with Gasteiger partial charge in [0.25, 0.3) is 0 Å². The van der Waals surface area contributed by atoms with Crippen LogP contribution in [0.15, 0.2) is 24.3 Å². The number of hydrogen-bond donors (Lipinski definition) is 1. The molecule has 0 aliphatic carbocycles. The Labute approximate surface area is 96.0 Å². The molecule has 2 N–H and O–H groups in total. The molecule has 1 amide bonds. The standard InChI is InChI=1S/C11H11F3N2O/c12-11(13,14)8-4-2-1-3-7(8)5-16-6-9(15)10(16)17/h1-4,9H,5-6,15H2. The van der Waals surface area contributed by atoms with Crippen LogP contribution < -0.4 is 5.73 Å². The molecule has 6 heteroatoms. The number of carbonyl (C=O) groups is 1. The molecular formula is C11H11F3N2O. The van der Waals surface area contributed by atoms with Gasteiger partial charge in [0.2, 0.25) is 5.91 Å². The summed E-state index contributed by atoms with van der Waals surface area (Å²) >= 11 is 0. The average molecular weight is 244 g/mol. The molecule has 1 saturated heterocycles. The smallest absolute Gasteiger partial charge is 0.335 e. The normalized spacial score (nSPS) is 20.4. The Balaban J connectivity index is 2.19. The Bertz CT molecular complexity index is 445. The van der Waals surface area contributed by atoms with E-state index < -0.39 is 17.8 Å². The van der Waals surface area contributed by atoms with Crippen molar-refractivity contribution in [3.05, 3.63) is 35.4 Å². The first-order valence-electron chi connectivity index (χ1n) is 5.09. The summed E-state index contributed by atoms with van der Waals surface area (Å²) in [7, 11) is 0. The summed E-state index contributed by atoms with van der Waals surface area (Å²) in [5.74, 6) is -0.304. The van der Waals surface area contributed by atoms with Crippen molar-refractivity contribution < 1.29 is 18.0 Å². The molecule has 0 radical (unpaired) electrons. The Morgan fingerprint density at radius 2 is 2.00 bits per heavy atom. The second kappa shape index (κ2) is 4.03. The fourth-order valence-electron chi connectivity index (χ4n) is 1.81. The van der Waals surface area contributed by atoms with E-state index in [2.05, 4.69) is 0 Å². The summed E-state index contributed by atoms with van der Waals surface area (Å²) in [4.78, 5) is 12.6. The summed E-state index contributed by atoms with van der Waals surface area (Å²) in [6.07, 6.45) is -4.40. The first-order chi connectivity index (χ1) is 7.89. The number of likely N-dealkylation sites (tertiary alicyclic amines) is 1. The fraction of sp³-hybridized carbons (Fsp3) is 0.364. The number of alkyl halides is 3. The zero-order chi connectivity index (χ0) is 12.6. The van der Waals surface area contributed by atoms with E-state index in [4.69, 9.17) is 5.73 Å². The average Bonchev–Trinajstić information content (AvgIpc) is 2.27. The van der Waals surface area contributed by atoms with E-state index in [9.17, 15) is 18.0 Å². The number of benzene rings is 1.